The highest BCUT2D eigenvalue weighted by Gasteiger charge is 2.69. The minimum atomic E-state index is -6.10. The first-order chi connectivity index (χ1) is 14.3. The largest absolute Gasteiger partial charge is 0.691 e. The van der Waals surface area contributed by atoms with Gasteiger partial charge in [-0.15, -0.1) is 0 Å². The van der Waals surface area contributed by atoms with E-state index < -0.39 is 48.3 Å². The number of alkyl halides is 8. The van der Waals surface area contributed by atoms with Crippen LogP contribution in [0.25, 0.3) is 0 Å². The second-order valence-corrected chi connectivity index (χ2v) is 9.24. The predicted octanol–water partition coefficient (Wildman–Crippen LogP) is 4.77. The Morgan fingerprint density at radius 3 is 2.10 bits per heavy atom. The van der Waals surface area contributed by atoms with E-state index in [-0.39, 0.29) is 6.61 Å². The lowest BCUT2D eigenvalue weighted by Gasteiger charge is -2.61. The van der Waals surface area contributed by atoms with Gasteiger partial charge in [-0.25, -0.2) is 4.74 Å². The molecule has 0 N–H and O–H groups in total. The zero-order chi connectivity index (χ0) is 23.1. The van der Waals surface area contributed by atoms with E-state index in [1.807, 2.05) is 0 Å². The molecule has 0 radical (unpaired) electrons. The fraction of sp³-hybridized carbons (Fsp3) is 1.00. The van der Waals surface area contributed by atoms with Gasteiger partial charge in [0.2, 0.25) is 0 Å². The molecule has 5 fully saturated rings. The van der Waals surface area contributed by atoms with Crippen molar-refractivity contribution in [2.75, 3.05) is 13.2 Å². The lowest BCUT2D eigenvalue weighted by molar-refractivity contribution is -0.777. The molecule has 0 amide bonds. The molecule has 0 aromatic rings. The van der Waals surface area contributed by atoms with Gasteiger partial charge >= 0.3 is 23.4 Å². The van der Waals surface area contributed by atoms with E-state index in [9.17, 15) is 40.4 Å². The molecule has 14 heteroatoms. The summed E-state index contributed by atoms with van der Waals surface area (Å²) in [5.74, 6) is -2.32. The van der Waals surface area contributed by atoms with Crippen molar-refractivity contribution >= 4 is 12.0 Å². The summed E-state index contributed by atoms with van der Waals surface area (Å²) in [4.78, 5) is 0. The van der Waals surface area contributed by atoms with Crippen molar-refractivity contribution in [2.24, 2.45) is 29.6 Å². The van der Waals surface area contributed by atoms with Crippen LogP contribution >= 0.6 is 12.0 Å². The van der Waals surface area contributed by atoms with Gasteiger partial charge in [-0.05, 0) is 61.7 Å². The fourth-order valence-corrected chi connectivity index (χ4v) is 5.51. The molecule has 0 aliphatic heterocycles. The third-order valence-electron chi connectivity index (χ3n) is 6.45. The molecule has 5 nitrogen and oxygen atoms in total. The lowest BCUT2D eigenvalue weighted by atomic mass is 9.45. The predicted molar refractivity (Wildman–Crippen MR) is 86.6 cm³/mol. The zero-order valence-corrected chi connectivity index (χ0v) is 16.8. The second kappa shape index (κ2) is 9.09. The maximum atomic E-state index is 13.7. The third kappa shape index (κ3) is 5.24. The number of ether oxygens (including phenoxy) is 2. The maximum absolute atomic E-state index is 13.7. The van der Waals surface area contributed by atoms with Gasteiger partial charge in [-0.1, -0.05) is 0 Å². The SMILES string of the molecule is [O-]OOSC(F)(F)C(F)(F)OC(F)(F)C(F)(F)CCCOCC1CC2CC3CC(C2)C13. The average Bonchev–Trinajstić information content (AvgIpc) is 2.64. The van der Waals surface area contributed by atoms with Crippen molar-refractivity contribution < 1.29 is 59.2 Å². The Labute approximate surface area is 176 Å². The van der Waals surface area contributed by atoms with Gasteiger partial charge in [0.15, 0.2) is 0 Å². The van der Waals surface area contributed by atoms with Gasteiger partial charge in [-0.2, -0.15) is 39.5 Å². The number of halogens is 8. The topological polar surface area (TPSA) is 60.0 Å². The highest BCUT2D eigenvalue weighted by molar-refractivity contribution is 7.95. The molecule has 0 heterocycles. The van der Waals surface area contributed by atoms with Crippen molar-refractivity contribution in [1.82, 2.24) is 0 Å². The number of rotatable bonds is 13. The molecule has 31 heavy (non-hydrogen) atoms. The van der Waals surface area contributed by atoms with E-state index in [4.69, 9.17) is 4.74 Å². The smallest absolute Gasteiger partial charge is 0.436 e. The summed E-state index contributed by atoms with van der Waals surface area (Å²) >= 11 is -1.66. The van der Waals surface area contributed by atoms with E-state index in [1.54, 1.807) is 0 Å². The van der Waals surface area contributed by atoms with Gasteiger partial charge in [0, 0.05) is 19.6 Å². The zero-order valence-electron chi connectivity index (χ0n) is 16.0. The monoisotopic (exact) mass is 489 g/mol. The van der Waals surface area contributed by atoms with Crippen molar-refractivity contribution in [3.8, 4) is 0 Å². The van der Waals surface area contributed by atoms with Gasteiger partial charge in [0.05, 0.1) is 0 Å². The summed E-state index contributed by atoms with van der Waals surface area (Å²) in [6.07, 6.45) is -9.67. The average molecular weight is 489 g/mol. The number of hydrogen-bond donors (Lipinski definition) is 0. The third-order valence-corrected chi connectivity index (χ3v) is 7.02. The van der Waals surface area contributed by atoms with E-state index in [2.05, 4.69) is 14.1 Å². The summed E-state index contributed by atoms with van der Waals surface area (Å²) in [6.45, 7) is 0.00189. The Kier molecular flexibility index (Phi) is 7.39. The maximum Gasteiger partial charge on any atom is 0.436 e. The Bertz CT molecular complexity index is 613. The molecular formula is C17H21F8O5S-. The van der Waals surface area contributed by atoms with Crippen LogP contribution in [0.1, 0.15) is 38.5 Å². The summed E-state index contributed by atoms with van der Waals surface area (Å²) in [5.41, 5.74) is 0. The van der Waals surface area contributed by atoms with E-state index in [1.165, 1.54) is 19.3 Å². The molecule has 3 atom stereocenters. The van der Waals surface area contributed by atoms with Gasteiger partial charge < -0.3 is 9.99 Å². The van der Waals surface area contributed by atoms with Crippen LogP contribution in [-0.2, 0) is 18.8 Å². The van der Waals surface area contributed by atoms with Crippen molar-refractivity contribution in [3.63, 3.8) is 0 Å². The first-order valence-electron chi connectivity index (χ1n) is 9.73. The summed E-state index contributed by atoms with van der Waals surface area (Å²) in [5, 5.41) is 6.23. The Morgan fingerprint density at radius 1 is 0.871 bits per heavy atom. The highest BCUT2D eigenvalue weighted by atomic mass is 32.2. The molecule has 5 saturated carbocycles. The molecule has 4 bridgehead atoms. The quantitative estimate of drug-likeness (QED) is 0.122. The van der Waals surface area contributed by atoms with Gasteiger partial charge in [0.1, 0.15) is 12.0 Å². The van der Waals surface area contributed by atoms with Crippen LogP contribution in [-0.4, -0.2) is 36.6 Å². The molecule has 182 valence electrons. The standard InChI is InChI=1S/C17H22F8O5S/c18-14(19,15(20,21)28-16(22,23)17(24,25)31-30-29-26)2-1-3-27-8-12-6-9-4-10-7-11(5-9)13(10)12/h9-13,26H,1-8H2/p-1. The van der Waals surface area contributed by atoms with Crippen LogP contribution in [0, 0.1) is 29.6 Å². The second-order valence-electron chi connectivity index (χ2n) is 8.42. The molecule has 0 aromatic carbocycles. The number of hydrogen-bond acceptors (Lipinski definition) is 6. The Balaban J connectivity index is 1.42. The minimum absolute atomic E-state index is 0.306. The van der Waals surface area contributed by atoms with Crippen molar-refractivity contribution in [2.45, 2.75) is 61.9 Å². The van der Waals surface area contributed by atoms with Gasteiger partial charge in [0.25, 0.3) is 0 Å². The molecule has 0 saturated heterocycles. The van der Waals surface area contributed by atoms with Crippen LogP contribution in [0.4, 0.5) is 35.1 Å². The van der Waals surface area contributed by atoms with E-state index in [0.717, 1.165) is 6.42 Å². The van der Waals surface area contributed by atoms with E-state index in [0.29, 0.717) is 36.2 Å². The van der Waals surface area contributed by atoms with Crippen molar-refractivity contribution in [3.05, 3.63) is 0 Å². The van der Waals surface area contributed by atoms with Crippen LogP contribution < -0.4 is 5.26 Å². The molecule has 5 rings (SSSR count). The van der Waals surface area contributed by atoms with Crippen molar-refractivity contribution in [1.29, 1.82) is 0 Å². The summed E-state index contributed by atoms with van der Waals surface area (Å²) < 4.78 is 118. The van der Waals surface area contributed by atoms with Gasteiger partial charge in [-0.3, -0.25) is 5.04 Å². The van der Waals surface area contributed by atoms with Crippen LogP contribution in [0.15, 0.2) is 0 Å². The number of fused-ring (bicyclic) bond motifs is 1. The Hall–Kier alpha value is -0.410. The highest BCUT2D eigenvalue weighted by Crippen LogP contribution is 2.62. The van der Waals surface area contributed by atoms with Crippen LogP contribution in [0.3, 0.4) is 0 Å². The van der Waals surface area contributed by atoms with Crippen LogP contribution in [0.5, 0.6) is 0 Å². The molecule has 3 unspecified atom stereocenters. The molecule has 0 aromatic heterocycles. The molecule has 5 aliphatic carbocycles. The first kappa shape index (κ1) is 25.2. The Morgan fingerprint density at radius 2 is 1.52 bits per heavy atom. The first-order valence-corrected chi connectivity index (χ1v) is 10.5. The summed E-state index contributed by atoms with van der Waals surface area (Å²) in [7, 11) is 0. The van der Waals surface area contributed by atoms with E-state index >= 15 is 0 Å². The lowest BCUT2D eigenvalue weighted by Crippen LogP contribution is -2.54. The molecule has 5 aliphatic rings. The molecular weight excluding hydrogens is 468 g/mol. The minimum Gasteiger partial charge on any atom is -0.691 e. The van der Waals surface area contributed by atoms with Crippen LogP contribution in [0.2, 0.25) is 0 Å². The summed E-state index contributed by atoms with van der Waals surface area (Å²) in [6, 6.07) is 0. The fourth-order valence-electron chi connectivity index (χ4n) is 5.25. The molecule has 0 spiro atoms. The normalized spacial score (nSPS) is 31.1.